The van der Waals surface area contributed by atoms with Gasteiger partial charge in [-0.3, -0.25) is 9.78 Å². The van der Waals surface area contributed by atoms with Crippen molar-refractivity contribution in [2.45, 2.75) is 25.0 Å². The molecule has 4 rings (SSSR count). The number of aromatic amines is 1. The third-order valence-corrected chi connectivity index (χ3v) is 5.86. The molecule has 0 unspecified atom stereocenters. The second-order valence-electron chi connectivity index (χ2n) is 8.34. The van der Waals surface area contributed by atoms with E-state index in [2.05, 4.69) is 15.4 Å². The molecule has 1 amide bonds. The molecule has 2 atom stereocenters. The van der Waals surface area contributed by atoms with Gasteiger partial charge in [-0.05, 0) is 59.5 Å². The molecule has 1 heterocycles. The van der Waals surface area contributed by atoms with Crippen LogP contribution in [0.1, 0.15) is 22.6 Å². The molecular formula is C26H22ClFN4O5. The fraction of sp³-hybridized carbons (Fsp3) is 0.154. The average molecular weight is 525 g/mol. The van der Waals surface area contributed by atoms with Crippen molar-refractivity contribution in [2.75, 3.05) is 0 Å². The molecule has 0 spiro atoms. The summed E-state index contributed by atoms with van der Waals surface area (Å²) in [6, 6.07) is 18.9. The number of carbonyl (C=O) groups is 2. The van der Waals surface area contributed by atoms with E-state index < -0.39 is 35.5 Å². The number of carboxylic acids is 1. The summed E-state index contributed by atoms with van der Waals surface area (Å²) in [5, 5.41) is 26.3. The number of aliphatic carboxylic acids is 1. The van der Waals surface area contributed by atoms with Crippen molar-refractivity contribution in [1.82, 2.24) is 20.1 Å². The first-order valence-corrected chi connectivity index (χ1v) is 11.6. The van der Waals surface area contributed by atoms with E-state index in [9.17, 15) is 23.9 Å². The highest BCUT2D eigenvalue weighted by atomic mass is 35.5. The number of hydrogen-bond acceptors (Lipinski definition) is 5. The van der Waals surface area contributed by atoms with Crippen LogP contribution < -0.4 is 11.0 Å². The fourth-order valence-corrected chi connectivity index (χ4v) is 3.98. The van der Waals surface area contributed by atoms with Crippen LogP contribution in [0.2, 0.25) is 5.02 Å². The van der Waals surface area contributed by atoms with Gasteiger partial charge in [0, 0.05) is 17.5 Å². The fourth-order valence-electron chi connectivity index (χ4n) is 3.79. The third-order valence-electron chi connectivity index (χ3n) is 5.63. The molecule has 0 saturated heterocycles. The second-order valence-corrected chi connectivity index (χ2v) is 8.77. The van der Waals surface area contributed by atoms with Crippen molar-refractivity contribution >= 4 is 23.5 Å². The topological polar surface area (TPSA) is 137 Å². The van der Waals surface area contributed by atoms with Crippen LogP contribution in [0, 0.1) is 5.82 Å². The van der Waals surface area contributed by atoms with Gasteiger partial charge < -0.3 is 15.5 Å². The SMILES string of the molecule is O=C(N[C@H](Cc1ccc(-c2cccc(Cl)c2)cc1)C[C@@H](O)C(=O)O)c1nn(-c2ccc(F)cc2)c(=O)[nH]1. The Hall–Kier alpha value is -4.28. The van der Waals surface area contributed by atoms with E-state index in [1.807, 2.05) is 42.5 Å². The molecule has 4 aromatic rings. The summed E-state index contributed by atoms with van der Waals surface area (Å²) in [6.45, 7) is 0. The largest absolute Gasteiger partial charge is 0.479 e. The van der Waals surface area contributed by atoms with E-state index in [1.165, 1.54) is 12.1 Å². The number of hydrogen-bond donors (Lipinski definition) is 4. The van der Waals surface area contributed by atoms with Gasteiger partial charge in [-0.15, -0.1) is 5.10 Å². The lowest BCUT2D eigenvalue weighted by Crippen LogP contribution is -2.41. The number of halogens is 2. The van der Waals surface area contributed by atoms with Crippen molar-refractivity contribution in [3.63, 3.8) is 0 Å². The zero-order valence-electron chi connectivity index (χ0n) is 19.3. The molecule has 0 aliphatic rings. The molecule has 0 aliphatic heterocycles. The van der Waals surface area contributed by atoms with Crippen molar-refractivity contribution in [3.05, 3.63) is 106 Å². The summed E-state index contributed by atoms with van der Waals surface area (Å²) in [5.41, 5.74) is 2.15. The van der Waals surface area contributed by atoms with E-state index in [0.717, 1.165) is 33.5 Å². The quantitative estimate of drug-likeness (QED) is 0.265. The Kier molecular flexibility index (Phi) is 7.80. The highest BCUT2D eigenvalue weighted by Crippen LogP contribution is 2.23. The van der Waals surface area contributed by atoms with Crippen molar-refractivity contribution < 1.29 is 24.2 Å². The normalized spacial score (nSPS) is 12.6. The predicted molar refractivity (Wildman–Crippen MR) is 134 cm³/mol. The molecule has 0 fully saturated rings. The number of nitrogens with zero attached hydrogens (tertiary/aromatic N) is 2. The van der Waals surface area contributed by atoms with Crippen molar-refractivity contribution in [2.24, 2.45) is 0 Å². The van der Waals surface area contributed by atoms with Crippen LogP contribution in [-0.4, -0.2) is 49.0 Å². The average Bonchev–Trinajstić information content (AvgIpc) is 3.26. The van der Waals surface area contributed by atoms with Gasteiger partial charge in [0.1, 0.15) is 5.82 Å². The van der Waals surface area contributed by atoms with Gasteiger partial charge in [0.2, 0.25) is 5.82 Å². The maximum Gasteiger partial charge on any atom is 0.348 e. The van der Waals surface area contributed by atoms with Crippen LogP contribution in [-0.2, 0) is 11.2 Å². The Labute approximate surface area is 215 Å². The van der Waals surface area contributed by atoms with Gasteiger partial charge in [-0.25, -0.2) is 14.0 Å². The van der Waals surface area contributed by atoms with Gasteiger partial charge in [0.05, 0.1) is 5.69 Å². The molecule has 0 aliphatic carbocycles. The van der Waals surface area contributed by atoms with E-state index in [4.69, 9.17) is 16.7 Å². The maximum absolute atomic E-state index is 13.2. The number of rotatable bonds is 9. The number of carbonyl (C=O) groups excluding carboxylic acids is 1. The van der Waals surface area contributed by atoms with E-state index >= 15 is 0 Å². The van der Waals surface area contributed by atoms with Crippen LogP contribution in [0.25, 0.3) is 16.8 Å². The van der Waals surface area contributed by atoms with Gasteiger partial charge in [0.25, 0.3) is 5.91 Å². The summed E-state index contributed by atoms with van der Waals surface area (Å²) in [5.74, 6) is -3.01. The Morgan fingerprint density at radius 1 is 1.05 bits per heavy atom. The predicted octanol–water partition coefficient (Wildman–Crippen LogP) is 3.20. The number of H-pyrrole nitrogens is 1. The highest BCUT2D eigenvalue weighted by Gasteiger charge is 2.24. The molecule has 3 aromatic carbocycles. The molecular weight excluding hydrogens is 503 g/mol. The molecule has 4 N–H and O–H groups in total. The highest BCUT2D eigenvalue weighted by molar-refractivity contribution is 6.30. The first-order chi connectivity index (χ1) is 17.7. The summed E-state index contributed by atoms with van der Waals surface area (Å²) in [6.07, 6.45) is -1.79. The standard InChI is InChI=1S/C26H22ClFN4O5/c27-18-3-1-2-17(13-18)16-6-4-15(5-7-16)12-20(14-22(33)25(35)36)29-24(34)23-30-26(37)32(31-23)21-10-8-19(28)9-11-21/h1-11,13,20,22,33H,12,14H2,(H,29,34)(H,35,36)(H,30,31,37)/t20-,22-/m1/s1. The van der Waals surface area contributed by atoms with Crippen LogP contribution in [0.4, 0.5) is 4.39 Å². The summed E-state index contributed by atoms with van der Waals surface area (Å²) in [7, 11) is 0. The minimum Gasteiger partial charge on any atom is -0.479 e. The molecule has 1 aromatic heterocycles. The van der Waals surface area contributed by atoms with Crippen LogP contribution in [0.15, 0.2) is 77.6 Å². The number of nitrogens with one attached hydrogen (secondary N) is 2. The second kappa shape index (κ2) is 11.2. The first kappa shape index (κ1) is 25.8. The molecule has 37 heavy (non-hydrogen) atoms. The Morgan fingerprint density at radius 3 is 2.41 bits per heavy atom. The number of aliphatic hydroxyl groups is 1. The Morgan fingerprint density at radius 2 is 1.76 bits per heavy atom. The number of benzene rings is 3. The lowest BCUT2D eigenvalue weighted by Gasteiger charge is -2.20. The zero-order chi connectivity index (χ0) is 26.5. The lowest BCUT2D eigenvalue weighted by atomic mass is 9.98. The number of carboxylic acid groups (broad SMARTS) is 1. The number of amides is 1. The Bertz CT molecular complexity index is 1470. The summed E-state index contributed by atoms with van der Waals surface area (Å²) in [4.78, 5) is 38.7. The van der Waals surface area contributed by atoms with Gasteiger partial charge in [0.15, 0.2) is 6.10 Å². The molecule has 0 radical (unpaired) electrons. The Balaban J connectivity index is 1.52. The molecule has 190 valence electrons. The first-order valence-electron chi connectivity index (χ1n) is 11.2. The number of aliphatic hydroxyl groups excluding tert-OH is 1. The molecule has 11 heteroatoms. The van der Waals surface area contributed by atoms with E-state index in [1.54, 1.807) is 6.07 Å². The van der Waals surface area contributed by atoms with Crippen LogP contribution in [0.3, 0.4) is 0 Å². The lowest BCUT2D eigenvalue weighted by molar-refractivity contribution is -0.147. The van der Waals surface area contributed by atoms with Crippen molar-refractivity contribution in [1.29, 1.82) is 0 Å². The van der Waals surface area contributed by atoms with Crippen LogP contribution >= 0.6 is 11.6 Å². The molecule has 9 nitrogen and oxygen atoms in total. The minimum absolute atomic E-state index is 0.203. The summed E-state index contributed by atoms with van der Waals surface area (Å²) >= 11 is 6.06. The molecule has 0 bridgehead atoms. The summed E-state index contributed by atoms with van der Waals surface area (Å²) < 4.78 is 14.1. The monoisotopic (exact) mass is 524 g/mol. The van der Waals surface area contributed by atoms with Crippen LogP contribution in [0.5, 0.6) is 0 Å². The van der Waals surface area contributed by atoms with Crippen molar-refractivity contribution in [3.8, 4) is 16.8 Å². The minimum atomic E-state index is -1.72. The molecule has 0 saturated carbocycles. The van der Waals surface area contributed by atoms with Gasteiger partial charge in [-0.2, -0.15) is 4.68 Å². The van der Waals surface area contributed by atoms with Gasteiger partial charge >= 0.3 is 11.7 Å². The third kappa shape index (κ3) is 6.49. The van der Waals surface area contributed by atoms with E-state index in [0.29, 0.717) is 5.02 Å². The smallest absolute Gasteiger partial charge is 0.348 e. The van der Waals surface area contributed by atoms with E-state index in [-0.39, 0.29) is 24.4 Å². The number of aromatic nitrogens is 3. The zero-order valence-corrected chi connectivity index (χ0v) is 20.0. The van der Waals surface area contributed by atoms with Gasteiger partial charge in [-0.1, -0.05) is 48.0 Å². The maximum atomic E-state index is 13.2.